The number of aliphatic hydroxyl groups excluding tert-OH is 1. The lowest BCUT2D eigenvalue weighted by atomic mass is 9.83. The number of fused-ring (bicyclic) bond motifs is 2. The van der Waals surface area contributed by atoms with Gasteiger partial charge in [-0.25, -0.2) is 9.78 Å². The lowest BCUT2D eigenvalue weighted by Gasteiger charge is -2.44. The zero-order chi connectivity index (χ0) is 22.7. The van der Waals surface area contributed by atoms with Crippen molar-refractivity contribution in [3.05, 3.63) is 28.8 Å². The number of nitrogens with zero attached hydrogens (tertiary/aromatic N) is 3. The third-order valence-electron chi connectivity index (χ3n) is 5.69. The first-order chi connectivity index (χ1) is 14.5. The molecule has 9 nitrogen and oxygen atoms in total. The van der Waals surface area contributed by atoms with E-state index in [1.54, 1.807) is 40.2 Å². The number of carbonyl (C=O) groups excluding carboxylic acids is 3. The lowest BCUT2D eigenvalue weighted by molar-refractivity contribution is -0.175. The SMILES string of the molecule is Cc1c(C2=C(C(=O)OCOC(=O)C(C)(C)C)N3C(=O)[C@H]([C@@H](C)O)[C@H]3C2)sc2cncn12. The normalized spacial score (nSPS) is 21.9. The van der Waals surface area contributed by atoms with Crippen molar-refractivity contribution in [1.29, 1.82) is 0 Å². The minimum atomic E-state index is -0.817. The average molecular weight is 448 g/mol. The first-order valence-electron chi connectivity index (χ1n) is 10.0. The molecule has 10 heteroatoms. The Kier molecular flexibility index (Phi) is 5.17. The van der Waals surface area contributed by atoms with Crippen LogP contribution < -0.4 is 0 Å². The van der Waals surface area contributed by atoms with Gasteiger partial charge in [0.05, 0.1) is 34.6 Å². The van der Waals surface area contributed by atoms with E-state index in [-0.39, 0.29) is 17.6 Å². The number of rotatable bonds is 5. The second kappa shape index (κ2) is 7.45. The smallest absolute Gasteiger partial charge is 0.358 e. The van der Waals surface area contributed by atoms with Crippen LogP contribution in [0.5, 0.6) is 0 Å². The fourth-order valence-electron chi connectivity index (χ4n) is 4.06. The average Bonchev–Trinajstić information content (AvgIpc) is 3.33. The van der Waals surface area contributed by atoms with Crippen LogP contribution in [0.15, 0.2) is 18.2 Å². The Morgan fingerprint density at radius 1 is 1.35 bits per heavy atom. The summed E-state index contributed by atoms with van der Waals surface area (Å²) in [6.45, 7) is 8.06. The molecule has 2 aliphatic heterocycles. The summed E-state index contributed by atoms with van der Waals surface area (Å²) in [6, 6.07) is -0.304. The molecule has 2 aromatic rings. The van der Waals surface area contributed by atoms with Gasteiger partial charge in [0, 0.05) is 11.3 Å². The molecule has 2 aromatic heterocycles. The van der Waals surface area contributed by atoms with Crippen LogP contribution in [0.1, 0.15) is 44.7 Å². The molecule has 3 atom stereocenters. The number of imidazole rings is 1. The minimum Gasteiger partial charge on any atom is -0.427 e. The van der Waals surface area contributed by atoms with Crippen LogP contribution in [-0.2, 0) is 23.9 Å². The molecule has 0 radical (unpaired) electrons. The maximum absolute atomic E-state index is 13.0. The number of aromatic nitrogens is 2. The van der Waals surface area contributed by atoms with Gasteiger partial charge in [0.15, 0.2) is 0 Å². The molecule has 0 aromatic carbocycles. The van der Waals surface area contributed by atoms with Crippen LogP contribution in [0, 0.1) is 18.3 Å². The van der Waals surface area contributed by atoms with Crippen molar-refractivity contribution in [2.45, 2.75) is 53.2 Å². The van der Waals surface area contributed by atoms with E-state index in [9.17, 15) is 19.5 Å². The van der Waals surface area contributed by atoms with Gasteiger partial charge in [0.2, 0.25) is 12.7 Å². The third-order valence-corrected chi connectivity index (χ3v) is 6.95. The summed E-state index contributed by atoms with van der Waals surface area (Å²) < 4.78 is 12.2. The summed E-state index contributed by atoms with van der Waals surface area (Å²) in [6.07, 6.45) is 3.05. The van der Waals surface area contributed by atoms with Gasteiger partial charge in [-0.1, -0.05) is 0 Å². The van der Waals surface area contributed by atoms with E-state index >= 15 is 0 Å². The second-order valence-corrected chi connectivity index (χ2v) is 9.95. The van der Waals surface area contributed by atoms with Gasteiger partial charge in [0.1, 0.15) is 16.9 Å². The van der Waals surface area contributed by atoms with E-state index < -0.39 is 36.2 Å². The molecule has 2 aliphatic rings. The van der Waals surface area contributed by atoms with Crippen LogP contribution in [0.25, 0.3) is 10.4 Å². The van der Waals surface area contributed by atoms with Gasteiger partial charge in [-0.3, -0.25) is 14.0 Å². The molecule has 1 N–H and O–H groups in total. The highest BCUT2D eigenvalue weighted by atomic mass is 32.1. The first-order valence-corrected chi connectivity index (χ1v) is 10.8. The summed E-state index contributed by atoms with van der Waals surface area (Å²) in [4.78, 5) is 45.0. The summed E-state index contributed by atoms with van der Waals surface area (Å²) in [5.41, 5.74) is 1.02. The highest BCUT2D eigenvalue weighted by Crippen LogP contribution is 2.49. The maximum Gasteiger partial charge on any atom is 0.358 e. The minimum absolute atomic E-state index is 0.152. The quantitative estimate of drug-likeness (QED) is 0.425. The Morgan fingerprint density at radius 3 is 2.68 bits per heavy atom. The van der Waals surface area contributed by atoms with E-state index in [1.165, 1.54) is 16.2 Å². The van der Waals surface area contributed by atoms with Crippen LogP contribution in [0.3, 0.4) is 0 Å². The molecule has 1 saturated heterocycles. The highest BCUT2D eigenvalue weighted by Gasteiger charge is 2.57. The molecule has 0 saturated carbocycles. The molecule has 166 valence electrons. The number of carbonyl (C=O) groups is 3. The number of β-lactam (4-membered cyclic amide) rings is 1. The van der Waals surface area contributed by atoms with Crippen LogP contribution in [0.2, 0.25) is 0 Å². The predicted molar refractivity (Wildman–Crippen MR) is 112 cm³/mol. The molecule has 1 fully saturated rings. The number of hydrogen-bond donors (Lipinski definition) is 1. The molecular formula is C21H25N3O6S. The second-order valence-electron chi connectivity index (χ2n) is 8.92. The molecule has 0 unspecified atom stereocenters. The Morgan fingerprint density at radius 2 is 2.06 bits per heavy atom. The van der Waals surface area contributed by atoms with E-state index in [0.717, 1.165) is 15.4 Å². The Balaban J connectivity index is 1.64. The zero-order valence-electron chi connectivity index (χ0n) is 18.0. The standard InChI is InChI=1S/C21H25N3O6S/c1-10-17(31-14-7-22-8-23(10)14)12-6-13-15(11(2)25)18(26)24(13)16(12)19(27)29-9-30-20(28)21(3,4)5/h7-8,11,13,15,25H,6,9H2,1-5H3/t11-,13-,15-/m1/s1. The number of amides is 1. The maximum atomic E-state index is 13.0. The topological polar surface area (TPSA) is 110 Å². The third kappa shape index (κ3) is 3.43. The van der Waals surface area contributed by atoms with Gasteiger partial charge in [-0.2, -0.15) is 0 Å². The van der Waals surface area contributed by atoms with Crippen molar-refractivity contribution >= 4 is 39.6 Å². The van der Waals surface area contributed by atoms with Gasteiger partial charge in [-0.05, 0) is 41.0 Å². The largest absolute Gasteiger partial charge is 0.427 e. The van der Waals surface area contributed by atoms with E-state index in [2.05, 4.69) is 4.98 Å². The van der Waals surface area contributed by atoms with Crippen LogP contribution >= 0.6 is 11.3 Å². The summed E-state index contributed by atoms with van der Waals surface area (Å²) in [7, 11) is 0. The number of aliphatic hydroxyl groups is 1. The van der Waals surface area contributed by atoms with Crippen LogP contribution in [-0.4, -0.2) is 56.2 Å². The number of esters is 2. The molecule has 0 aliphatic carbocycles. The Labute approximate surface area is 183 Å². The van der Waals surface area contributed by atoms with Crippen molar-refractivity contribution in [2.75, 3.05) is 6.79 Å². The van der Waals surface area contributed by atoms with Crippen LogP contribution in [0.4, 0.5) is 0 Å². The predicted octanol–water partition coefficient (Wildman–Crippen LogP) is 2.12. The Bertz CT molecular complexity index is 1110. The summed E-state index contributed by atoms with van der Waals surface area (Å²) in [5, 5.41) is 10.0. The number of hydrogen-bond acceptors (Lipinski definition) is 8. The first kappa shape index (κ1) is 21.5. The van der Waals surface area contributed by atoms with E-state index in [1.807, 2.05) is 11.3 Å². The van der Waals surface area contributed by atoms with Crippen molar-refractivity contribution in [2.24, 2.45) is 11.3 Å². The van der Waals surface area contributed by atoms with Crippen molar-refractivity contribution in [3.8, 4) is 0 Å². The fraction of sp³-hybridized carbons (Fsp3) is 0.524. The number of ether oxygens (including phenoxy) is 2. The molecule has 4 rings (SSSR count). The summed E-state index contributed by atoms with van der Waals surface area (Å²) in [5.74, 6) is -2.10. The highest BCUT2D eigenvalue weighted by molar-refractivity contribution is 7.18. The van der Waals surface area contributed by atoms with Crippen molar-refractivity contribution in [1.82, 2.24) is 14.3 Å². The number of thiazole rings is 1. The van der Waals surface area contributed by atoms with Gasteiger partial charge < -0.3 is 19.5 Å². The molecule has 0 bridgehead atoms. The number of aryl methyl sites for hydroxylation is 1. The molecule has 1 amide bonds. The van der Waals surface area contributed by atoms with Gasteiger partial charge in [-0.15, -0.1) is 11.3 Å². The van der Waals surface area contributed by atoms with Gasteiger partial charge in [0.25, 0.3) is 0 Å². The van der Waals surface area contributed by atoms with E-state index in [0.29, 0.717) is 12.0 Å². The molecule has 4 heterocycles. The zero-order valence-corrected chi connectivity index (χ0v) is 18.9. The molecule has 31 heavy (non-hydrogen) atoms. The summed E-state index contributed by atoms with van der Waals surface area (Å²) >= 11 is 1.47. The fourth-order valence-corrected chi connectivity index (χ4v) is 5.22. The monoisotopic (exact) mass is 447 g/mol. The lowest BCUT2D eigenvalue weighted by Crippen LogP contribution is -2.61. The molecule has 0 spiro atoms. The van der Waals surface area contributed by atoms with Crippen molar-refractivity contribution < 1.29 is 29.0 Å². The van der Waals surface area contributed by atoms with Crippen molar-refractivity contribution in [3.63, 3.8) is 0 Å². The van der Waals surface area contributed by atoms with E-state index in [4.69, 9.17) is 9.47 Å². The molecular weight excluding hydrogens is 422 g/mol. The van der Waals surface area contributed by atoms with Gasteiger partial charge >= 0.3 is 11.9 Å². The Hall–Kier alpha value is -2.72.